The zero-order valence-corrected chi connectivity index (χ0v) is 12.5. The van der Waals surface area contributed by atoms with Crippen LogP contribution in [-0.2, 0) is 0 Å². The van der Waals surface area contributed by atoms with Crippen molar-refractivity contribution in [2.24, 2.45) is 17.3 Å². The molecule has 3 atom stereocenters. The summed E-state index contributed by atoms with van der Waals surface area (Å²) in [5.41, 5.74) is 0.688. The van der Waals surface area contributed by atoms with Gasteiger partial charge >= 0.3 is 0 Å². The molecule has 1 rings (SSSR count). The molecule has 3 unspecified atom stereocenters. The highest BCUT2D eigenvalue weighted by molar-refractivity contribution is 7.81. The number of thiol groups is 1. The second kappa shape index (κ2) is 6.33. The summed E-state index contributed by atoms with van der Waals surface area (Å²) in [5, 5.41) is 0.625. The van der Waals surface area contributed by atoms with E-state index in [0.717, 1.165) is 11.8 Å². The minimum absolute atomic E-state index is 0.625. The van der Waals surface area contributed by atoms with E-state index >= 15 is 0 Å². The van der Waals surface area contributed by atoms with Gasteiger partial charge in [0.1, 0.15) is 0 Å². The van der Waals surface area contributed by atoms with E-state index < -0.39 is 0 Å². The predicted molar refractivity (Wildman–Crippen MR) is 77.2 cm³/mol. The molecule has 1 heteroatoms. The van der Waals surface area contributed by atoms with Crippen LogP contribution in [-0.4, -0.2) is 5.25 Å². The van der Waals surface area contributed by atoms with E-state index in [1.165, 1.54) is 44.9 Å². The van der Waals surface area contributed by atoms with Crippen molar-refractivity contribution >= 4 is 12.6 Å². The van der Waals surface area contributed by atoms with Crippen molar-refractivity contribution < 1.29 is 0 Å². The lowest BCUT2D eigenvalue weighted by atomic mass is 9.79. The molecule has 0 aromatic rings. The van der Waals surface area contributed by atoms with Gasteiger partial charge in [0, 0.05) is 5.25 Å². The van der Waals surface area contributed by atoms with E-state index in [9.17, 15) is 0 Å². The van der Waals surface area contributed by atoms with Crippen molar-refractivity contribution in [1.82, 2.24) is 0 Å². The SMILES string of the molecule is CCC(C)C(S)CC1CCC(CC)(CC)C1. The number of hydrogen-bond acceptors (Lipinski definition) is 1. The molecule has 0 aromatic heterocycles. The normalized spacial score (nSPS) is 27.9. The first-order valence-corrected chi connectivity index (χ1v) is 7.76. The minimum atomic E-state index is 0.625. The Morgan fingerprint density at radius 1 is 1.25 bits per heavy atom. The second-order valence-electron chi connectivity index (χ2n) is 6.00. The molecule has 1 saturated carbocycles. The zero-order chi connectivity index (χ0) is 12.2. The third-order valence-corrected chi connectivity index (χ3v) is 5.90. The molecule has 16 heavy (non-hydrogen) atoms. The summed E-state index contributed by atoms with van der Waals surface area (Å²) in [5.74, 6) is 1.73. The van der Waals surface area contributed by atoms with E-state index in [2.05, 4.69) is 27.7 Å². The van der Waals surface area contributed by atoms with Gasteiger partial charge in [-0.05, 0) is 42.9 Å². The van der Waals surface area contributed by atoms with Crippen LogP contribution in [0.5, 0.6) is 0 Å². The summed E-state index contributed by atoms with van der Waals surface area (Å²) < 4.78 is 0. The molecule has 0 radical (unpaired) electrons. The van der Waals surface area contributed by atoms with Gasteiger partial charge < -0.3 is 0 Å². The van der Waals surface area contributed by atoms with Crippen LogP contribution in [0.3, 0.4) is 0 Å². The Bertz CT molecular complexity index is 196. The van der Waals surface area contributed by atoms with Crippen molar-refractivity contribution in [2.75, 3.05) is 0 Å². The Morgan fingerprint density at radius 2 is 1.88 bits per heavy atom. The lowest BCUT2D eigenvalue weighted by Crippen LogP contribution is -2.17. The number of hydrogen-bond donors (Lipinski definition) is 1. The van der Waals surface area contributed by atoms with E-state index in [-0.39, 0.29) is 0 Å². The molecular formula is C15H30S. The highest BCUT2D eigenvalue weighted by Crippen LogP contribution is 2.48. The summed E-state index contributed by atoms with van der Waals surface area (Å²) >= 11 is 4.80. The molecule has 0 nitrogen and oxygen atoms in total. The quantitative estimate of drug-likeness (QED) is 0.598. The second-order valence-corrected chi connectivity index (χ2v) is 6.67. The molecule has 0 bridgehead atoms. The molecular weight excluding hydrogens is 212 g/mol. The van der Waals surface area contributed by atoms with Gasteiger partial charge in [0.15, 0.2) is 0 Å². The van der Waals surface area contributed by atoms with Gasteiger partial charge in [0.2, 0.25) is 0 Å². The van der Waals surface area contributed by atoms with Crippen molar-refractivity contribution in [1.29, 1.82) is 0 Å². The largest absolute Gasteiger partial charge is 0.176 e. The Hall–Kier alpha value is 0.350. The summed E-state index contributed by atoms with van der Waals surface area (Å²) in [6, 6.07) is 0. The predicted octanol–water partition coefficient (Wildman–Crippen LogP) is 5.33. The van der Waals surface area contributed by atoms with E-state index in [1.807, 2.05) is 0 Å². The first-order valence-electron chi connectivity index (χ1n) is 7.25. The Labute approximate surface area is 108 Å². The number of rotatable bonds is 6. The van der Waals surface area contributed by atoms with Crippen LogP contribution in [0, 0.1) is 17.3 Å². The Morgan fingerprint density at radius 3 is 2.31 bits per heavy atom. The van der Waals surface area contributed by atoms with Crippen molar-refractivity contribution in [3.63, 3.8) is 0 Å². The third kappa shape index (κ3) is 3.42. The minimum Gasteiger partial charge on any atom is -0.176 e. The fourth-order valence-electron chi connectivity index (χ4n) is 3.27. The van der Waals surface area contributed by atoms with Gasteiger partial charge in [-0.3, -0.25) is 0 Å². The standard InChI is InChI=1S/C15H30S/c1-5-12(4)14(16)10-13-8-9-15(6-2,7-3)11-13/h12-14,16H,5-11H2,1-4H3. The molecule has 1 aliphatic carbocycles. The van der Waals surface area contributed by atoms with Crippen LogP contribution in [0.2, 0.25) is 0 Å². The van der Waals surface area contributed by atoms with Crippen LogP contribution >= 0.6 is 12.6 Å². The van der Waals surface area contributed by atoms with Crippen LogP contribution in [0.1, 0.15) is 72.6 Å². The fourth-order valence-corrected chi connectivity index (χ4v) is 3.78. The van der Waals surface area contributed by atoms with E-state index in [1.54, 1.807) is 0 Å². The molecule has 0 N–H and O–H groups in total. The van der Waals surface area contributed by atoms with Crippen LogP contribution in [0.25, 0.3) is 0 Å². The molecule has 1 aliphatic rings. The van der Waals surface area contributed by atoms with E-state index in [4.69, 9.17) is 12.6 Å². The van der Waals surface area contributed by atoms with Gasteiger partial charge in [0.25, 0.3) is 0 Å². The zero-order valence-electron chi connectivity index (χ0n) is 11.6. The van der Waals surface area contributed by atoms with Gasteiger partial charge in [-0.25, -0.2) is 0 Å². The first kappa shape index (κ1) is 14.4. The first-order chi connectivity index (χ1) is 7.56. The summed E-state index contributed by atoms with van der Waals surface area (Å²) in [4.78, 5) is 0. The fraction of sp³-hybridized carbons (Fsp3) is 1.00. The maximum absolute atomic E-state index is 4.80. The van der Waals surface area contributed by atoms with Crippen LogP contribution < -0.4 is 0 Å². The highest BCUT2D eigenvalue weighted by Gasteiger charge is 2.36. The van der Waals surface area contributed by atoms with Crippen molar-refractivity contribution in [3.8, 4) is 0 Å². The molecule has 0 amide bonds. The van der Waals surface area contributed by atoms with Gasteiger partial charge in [0.05, 0.1) is 0 Å². The van der Waals surface area contributed by atoms with Gasteiger partial charge in [-0.15, -0.1) is 0 Å². The molecule has 96 valence electrons. The lowest BCUT2D eigenvalue weighted by molar-refractivity contribution is 0.255. The molecule has 0 aromatic carbocycles. The van der Waals surface area contributed by atoms with Gasteiger partial charge in [-0.1, -0.05) is 47.0 Å². The maximum atomic E-state index is 4.80. The molecule has 0 spiro atoms. The highest BCUT2D eigenvalue weighted by atomic mass is 32.1. The molecule has 1 fully saturated rings. The summed E-state index contributed by atoms with van der Waals surface area (Å²) in [6.45, 7) is 9.38. The smallest absolute Gasteiger partial charge is 0.00449 e. The van der Waals surface area contributed by atoms with Crippen LogP contribution in [0.4, 0.5) is 0 Å². The molecule has 0 saturated heterocycles. The topological polar surface area (TPSA) is 0 Å². The van der Waals surface area contributed by atoms with Crippen molar-refractivity contribution in [3.05, 3.63) is 0 Å². The van der Waals surface area contributed by atoms with Gasteiger partial charge in [-0.2, -0.15) is 12.6 Å². The monoisotopic (exact) mass is 242 g/mol. The summed E-state index contributed by atoms with van der Waals surface area (Å²) in [6.07, 6.45) is 9.75. The molecule has 0 aliphatic heterocycles. The average molecular weight is 242 g/mol. The lowest BCUT2D eigenvalue weighted by Gasteiger charge is -2.27. The maximum Gasteiger partial charge on any atom is 0.00449 e. The Kier molecular flexibility index (Phi) is 5.70. The van der Waals surface area contributed by atoms with Crippen LogP contribution in [0.15, 0.2) is 0 Å². The third-order valence-electron chi connectivity index (χ3n) is 5.18. The summed E-state index contributed by atoms with van der Waals surface area (Å²) in [7, 11) is 0. The Balaban J connectivity index is 2.42. The average Bonchev–Trinajstić information content (AvgIpc) is 2.72. The molecule has 0 heterocycles. The van der Waals surface area contributed by atoms with E-state index in [0.29, 0.717) is 10.7 Å². The van der Waals surface area contributed by atoms with Crippen molar-refractivity contribution in [2.45, 2.75) is 77.9 Å².